The fraction of sp³-hybridized carbons (Fsp3) is 0.148. The molecule has 0 unspecified atom stereocenters. The van der Waals surface area contributed by atoms with Crippen molar-refractivity contribution in [3.63, 3.8) is 0 Å². The van der Waals surface area contributed by atoms with Crippen molar-refractivity contribution in [3.05, 3.63) is 101 Å². The van der Waals surface area contributed by atoms with Gasteiger partial charge in [0, 0.05) is 16.7 Å². The van der Waals surface area contributed by atoms with Crippen LogP contribution >= 0.6 is 0 Å². The van der Waals surface area contributed by atoms with Gasteiger partial charge in [-0.3, -0.25) is 4.79 Å². The topological polar surface area (TPSA) is 76.4 Å². The van der Waals surface area contributed by atoms with E-state index in [1.807, 2.05) is 25.1 Å². The SMILES string of the molecule is CCCOc1ccccc1/C=C(\C#N)C(=O)Oc1ccc(C(=O)c2ccccc2)cc1C. The maximum Gasteiger partial charge on any atom is 0.354 e. The van der Waals surface area contributed by atoms with Gasteiger partial charge in [0.1, 0.15) is 23.1 Å². The molecule has 0 aliphatic carbocycles. The first-order chi connectivity index (χ1) is 15.5. The number of esters is 1. The second kappa shape index (κ2) is 10.7. The van der Waals surface area contributed by atoms with Crippen LogP contribution in [0.25, 0.3) is 6.08 Å². The van der Waals surface area contributed by atoms with E-state index in [-0.39, 0.29) is 17.1 Å². The van der Waals surface area contributed by atoms with Gasteiger partial charge in [-0.25, -0.2) is 4.79 Å². The molecule has 0 radical (unpaired) electrons. The summed E-state index contributed by atoms with van der Waals surface area (Å²) in [5.41, 5.74) is 2.15. The van der Waals surface area contributed by atoms with E-state index in [2.05, 4.69) is 0 Å². The van der Waals surface area contributed by atoms with Gasteiger partial charge in [-0.1, -0.05) is 55.5 Å². The van der Waals surface area contributed by atoms with E-state index in [0.717, 1.165) is 6.42 Å². The quantitative estimate of drug-likeness (QED) is 0.156. The van der Waals surface area contributed by atoms with Crippen LogP contribution in [-0.4, -0.2) is 18.4 Å². The van der Waals surface area contributed by atoms with Gasteiger partial charge in [-0.2, -0.15) is 5.26 Å². The fourth-order valence-electron chi connectivity index (χ4n) is 3.05. The lowest BCUT2D eigenvalue weighted by molar-refractivity contribution is -0.129. The van der Waals surface area contributed by atoms with E-state index in [9.17, 15) is 14.9 Å². The van der Waals surface area contributed by atoms with Crippen LogP contribution in [0.15, 0.2) is 78.4 Å². The van der Waals surface area contributed by atoms with E-state index in [1.54, 1.807) is 67.6 Å². The van der Waals surface area contributed by atoms with Crippen molar-refractivity contribution in [2.45, 2.75) is 20.3 Å². The molecular formula is C27H23NO4. The molecule has 0 aliphatic rings. The van der Waals surface area contributed by atoms with E-state index >= 15 is 0 Å². The second-order valence-corrected chi connectivity index (χ2v) is 7.12. The van der Waals surface area contributed by atoms with Crippen LogP contribution in [0.4, 0.5) is 0 Å². The molecule has 0 N–H and O–H groups in total. The number of hydrogen-bond acceptors (Lipinski definition) is 5. The van der Waals surface area contributed by atoms with E-state index in [0.29, 0.717) is 34.6 Å². The minimum atomic E-state index is -0.775. The highest BCUT2D eigenvalue weighted by Crippen LogP contribution is 2.24. The first-order valence-corrected chi connectivity index (χ1v) is 10.3. The third-order valence-corrected chi connectivity index (χ3v) is 4.70. The Morgan fingerprint density at radius 2 is 1.66 bits per heavy atom. The highest BCUT2D eigenvalue weighted by Gasteiger charge is 2.16. The Morgan fingerprint density at radius 3 is 2.34 bits per heavy atom. The molecule has 0 spiro atoms. The number of ketones is 1. The van der Waals surface area contributed by atoms with Gasteiger partial charge in [-0.05, 0) is 49.2 Å². The third kappa shape index (κ3) is 5.50. The molecule has 0 atom stereocenters. The van der Waals surface area contributed by atoms with E-state index in [1.165, 1.54) is 6.08 Å². The Kier molecular flexibility index (Phi) is 7.55. The highest BCUT2D eigenvalue weighted by molar-refractivity contribution is 6.09. The molecule has 0 aliphatic heterocycles. The average Bonchev–Trinajstić information content (AvgIpc) is 2.83. The first kappa shape index (κ1) is 22.5. The van der Waals surface area contributed by atoms with Crippen LogP contribution in [-0.2, 0) is 4.79 Å². The lowest BCUT2D eigenvalue weighted by Crippen LogP contribution is -2.11. The molecule has 3 aromatic rings. The van der Waals surface area contributed by atoms with Gasteiger partial charge in [0.25, 0.3) is 0 Å². The Hall–Kier alpha value is -4.17. The Morgan fingerprint density at radius 1 is 0.938 bits per heavy atom. The molecular weight excluding hydrogens is 402 g/mol. The van der Waals surface area contributed by atoms with E-state index < -0.39 is 5.97 Å². The molecule has 0 bridgehead atoms. The zero-order chi connectivity index (χ0) is 22.9. The first-order valence-electron chi connectivity index (χ1n) is 10.3. The van der Waals surface area contributed by atoms with Crippen LogP contribution < -0.4 is 9.47 Å². The number of nitrogens with zero attached hydrogens (tertiary/aromatic N) is 1. The van der Waals surface area contributed by atoms with Crippen LogP contribution in [0.1, 0.15) is 40.4 Å². The largest absolute Gasteiger partial charge is 0.493 e. The van der Waals surface area contributed by atoms with Gasteiger partial charge >= 0.3 is 5.97 Å². The summed E-state index contributed by atoms with van der Waals surface area (Å²) in [5.74, 6) is -0.0120. The fourth-order valence-corrected chi connectivity index (χ4v) is 3.05. The van der Waals surface area contributed by atoms with Crippen molar-refractivity contribution >= 4 is 17.8 Å². The molecule has 0 heterocycles. The Balaban J connectivity index is 1.80. The van der Waals surface area contributed by atoms with Crippen LogP contribution in [0.5, 0.6) is 11.5 Å². The minimum absolute atomic E-state index is 0.118. The van der Waals surface area contributed by atoms with Crippen LogP contribution in [0.2, 0.25) is 0 Å². The summed E-state index contributed by atoms with van der Waals surface area (Å²) in [7, 11) is 0. The molecule has 0 saturated heterocycles. The number of hydrogen-bond donors (Lipinski definition) is 0. The summed E-state index contributed by atoms with van der Waals surface area (Å²) >= 11 is 0. The molecule has 32 heavy (non-hydrogen) atoms. The van der Waals surface area contributed by atoms with Gasteiger partial charge in [0.05, 0.1) is 6.61 Å². The lowest BCUT2D eigenvalue weighted by atomic mass is 10.0. The number of carbonyl (C=O) groups excluding carboxylic acids is 2. The molecule has 5 heteroatoms. The maximum absolute atomic E-state index is 12.6. The van der Waals surface area contributed by atoms with Crippen molar-refractivity contribution in [2.24, 2.45) is 0 Å². The van der Waals surface area contributed by atoms with Crippen LogP contribution in [0.3, 0.4) is 0 Å². The predicted molar refractivity (Wildman–Crippen MR) is 123 cm³/mol. The molecule has 3 rings (SSSR count). The number of benzene rings is 3. The van der Waals surface area contributed by atoms with E-state index in [4.69, 9.17) is 9.47 Å². The molecule has 3 aromatic carbocycles. The molecule has 0 aromatic heterocycles. The number of ether oxygens (including phenoxy) is 2. The molecule has 5 nitrogen and oxygen atoms in total. The Bertz CT molecular complexity index is 1190. The van der Waals surface area contributed by atoms with Gasteiger partial charge < -0.3 is 9.47 Å². The van der Waals surface area contributed by atoms with Gasteiger partial charge in [0.15, 0.2) is 5.78 Å². The zero-order valence-corrected chi connectivity index (χ0v) is 18.0. The monoisotopic (exact) mass is 425 g/mol. The number of aryl methyl sites for hydroxylation is 1. The lowest BCUT2D eigenvalue weighted by Gasteiger charge is -2.10. The molecule has 0 saturated carbocycles. The Labute approximate surface area is 187 Å². The van der Waals surface area contributed by atoms with Crippen molar-refractivity contribution < 1.29 is 19.1 Å². The zero-order valence-electron chi connectivity index (χ0n) is 18.0. The third-order valence-electron chi connectivity index (χ3n) is 4.70. The smallest absolute Gasteiger partial charge is 0.354 e. The average molecular weight is 425 g/mol. The van der Waals surface area contributed by atoms with Gasteiger partial charge in [-0.15, -0.1) is 0 Å². The number of nitriles is 1. The van der Waals surface area contributed by atoms with Crippen LogP contribution in [0, 0.1) is 18.3 Å². The summed E-state index contributed by atoms with van der Waals surface area (Å²) < 4.78 is 11.1. The van der Waals surface area contributed by atoms with Crippen molar-refractivity contribution in [1.82, 2.24) is 0 Å². The van der Waals surface area contributed by atoms with Crippen molar-refractivity contribution in [3.8, 4) is 17.6 Å². The summed E-state index contributed by atoms with van der Waals surface area (Å²) in [6.07, 6.45) is 2.29. The number of rotatable bonds is 8. The van der Waals surface area contributed by atoms with Crippen molar-refractivity contribution in [1.29, 1.82) is 5.26 Å². The normalized spacial score (nSPS) is 10.8. The number of carbonyl (C=O) groups is 2. The molecule has 160 valence electrons. The summed E-state index contributed by atoms with van der Waals surface area (Å²) in [6.45, 7) is 4.27. The minimum Gasteiger partial charge on any atom is -0.493 e. The highest BCUT2D eigenvalue weighted by atomic mass is 16.5. The van der Waals surface area contributed by atoms with Gasteiger partial charge in [0.2, 0.25) is 0 Å². The van der Waals surface area contributed by atoms with Crippen molar-refractivity contribution in [2.75, 3.05) is 6.61 Å². The maximum atomic E-state index is 12.6. The molecule has 0 fully saturated rings. The summed E-state index contributed by atoms with van der Waals surface area (Å²) in [5, 5.41) is 9.51. The summed E-state index contributed by atoms with van der Waals surface area (Å²) in [4.78, 5) is 25.3. The number of para-hydroxylation sites is 1. The summed E-state index contributed by atoms with van der Waals surface area (Å²) in [6, 6.07) is 22.9. The predicted octanol–water partition coefficient (Wildman–Crippen LogP) is 5.53. The second-order valence-electron chi connectivity index (χ2n) is 7.12. The molecule has 0 amide bonds. The standard InChI is InChI=1S/C27H23NO4/c1-3-15-31-25-12-8-7-11-21(25)17-23(18-28)27(30)32-24-14-13-22(16-19(24)2)26(29)20-9-5-4-6-10-20/h4-14,16-17H,3,15H2,1-2H3/b23-17+.